The van der Waals surface area contributed by atoms with Gasteiger partial charge in [0.1, 0.15) is 5.69 Å². The highest BCUT2D eigenvalue weighted by Crippen LogP contribution is 2.14. The molecular weight excluding hydrogens is 344 g/mol. The summed E-state index contributed by atoms with van der Waals surface area (Å²) in [6.45, 7) is 2.03. The number of aromatic nitrogens is 3. The molecule has 0 aliphatic carbocycles. The average Bonchev–Trinajstić information content (AvgIpc) is 2.59. The fourth-order valence-corrected chi connectivity index (χ4v) is 2.60. The van der Waals surface area contributed by atoms with Crippen LogP contribution in [-0.4, -0.2) is 32.8 Å². The Morgan fingerprint density at radius 2 is 2.12 bits per heavy atom. The number of benzene rings is 1. The molecule has 8 nitrogen and oxygen atoms in total. The fraction of sp³-hybridized carbons (Fsp3) is 0.312. The van der Waals surface area contributed by atoms with E-state index < -0.39 is 11.5 Å². The van der Waals surface area contributed by atoms with Gasteiger partial charge in [-0.3, -0.25) is 14.6 Å². The van der Waals surface area contributed by atoms with Crippen LogP contribution < -0.4 is 16.0 Å². The first kappa shape index (κ1) is 18.7. The third-order valence-electron chi connectivity index (χ3n) is 3.27. The number of H-pyrrole nitrogens is 1. The van der Waals surface area contributed by atoms with E-state index in [4.69, 9.17) is 0 Å². The minimum absolute atomic E-state index is 0.0226. The second kappa shape index (κ2) is 8.97. The molecule has 0 unspecified atom stereocenters. The Morgan fingerprint density at radius 3 is 2.80 bits per heavy atom. The van der Waals surface area contributed by atoms with Gasteiger partial charge in [-0.25, -0.2) is 0 Å². The summed E-state index contributed by atoms with van der Waals surface area (Å²) in [6, 6.07) is 7.55. The number of rotatable bonds is 8. The van der Waals surface area contributed by atoms with Gasteiger partial charge in [-0.2, -0.15) is 0 Å². The number of nitrogens with zero attached hydrogens (tertiary/aromatic N) is 2. The summed E-state index contributed by atoms with van der Waals surface area (Å²) in [5, 5.41) is 20.9. The van der Waals surface area contributed by atoms with Crippen LogP contribution in [0.2, 0.25) is 0 Å². The third-order valence-corrected chi connectivity index (χ3v) is 4.13. The summed E-state index contributed by atoms with van der Waals surface area (Å²) in [5.41, 5.74) is 1.33. The Labute approximate surface area is 148 Å². The largest absolute Gasteiger partial charge is 0.550 e. The van der Waals surface area contributed by atoms with E-state index in [1.165, 1.54) is 0 Å². The lowest BCUT2D eigenvalue weighted by molar-refractivity contribution is -0.305. The maximum atomic E-state index is 12.0. The van der Waals surface area contributed by atoms with E-state index in [0.717, 1.165) is 23.7 Å². The number of thioether (sulfide) groups is 1. The van der Waals surface area contributed by atoms with Gasteiger partial charge in [0.05, 0.1) is 5.75 Å². The number of carboxylic acid groups (broad SMARTS) is 1. The maximum absolute atomic E-state index is 12.0. The van der Waals surface area contributed by atoms with Crippen molar-refractivity contribution in [1.29, 1.82) is 0 Å². The smallest absolute Gasteiger partial charge is 0.273 e. The van der Waals surface area contributed by atoms with E-state index in [1.807, 2.05) is 25.1 Å². The van der Waals surface area contributed by atoms with E-state index >= 15 is 0 Å². The van der Waals surface area contributed by atoms with Gasteiger partial charge in [-0.15, -0.1) is 10.2 Å². The number of hydrogen-bond acceptors (Lipinski definition) is 7. The van der Waals surface area contributed by atoms with Gasteiger partial charge in [0.15, 0.2) is 5.16 Å². The van der Waals surface area contributed by atoms with E-state index in [2.05, 4.69) is 20.5 Å². The molecule has 1 aromatic carbocycles. The molecule has 1 aromatic heterocycles. The van der Waals surface area contributed by atoms with Crippen LogP contribution in [0, 0.1) is 0 Å². The highest BCUT2D eigenvalue weighted by molar-refractivity contribution is 7.99. The highest BCUT2D eigenvalue weighted by Gasteiger charge is 2.09. The Morgan fingerprint density at radius 1 is 1.32 bits per heavy atom. The second-order valence-corrected chi connectivity index (χ2v) is 6.13. The summed E-state index contributed by atoms with van der Waals surface area (Å²) < 4.78 is 0. The number of carbonyl (C=O) groups is 2. The third kappa shape index (κ3) is 6.03. The quantitative estimate of drug-likeness (QED) is 0.640. The van der Waals surface area contributed by atoms with Gasteiger partial charge < -0.3 is 15.2 Å². The Hall–Kier alpha value is -2.68. The van der Waals surface area contributed by atoms with Crippen LogP contribution in [0.1, 0.15) is 24.6 Å². The van der Waals surface area contributed by atoms with Crippen LogP contribution in [0.3, 0.4) is 0 Å². The Kier molecular flexibility index (Phi) is 6.70. The van der Waals surface area contributed by atoms with Gasteiger partial charge in [-0.05, 0) is 30.5 Å². The zero-order valence-electron chi connectivity index (χ0n) is 13.6. The first-order valence-corrected chi connectivity index (χ1v) is 8.63. The molecule has 1 heterocycles. The molecule has 25 heavy (non-hydrogen) atoms. The van der Waals surface area contributed by atoms with Crippen LogP contribution in [0.5, 0.6) is 0 Å². The number of anilines is 1. The lowest BCUT2D eigenvalue weighted by atomic mass is 10.1. The molecule has 0 bridgehead atoms. The number of hydrogen-bond donors (Lipinski definition) is 2. The van der Waals surface area contributed by atoms with Gasteiger partial charge in [0.2, 0.25) is 5.91 Å². The van der Waals surface area contributed by atoms with E-state index in [9.17, 15) is 19.5 Å². The Bertz CT molecular complexity index is 822. The molecule has 132 valence electrons. The van der Waals surface area contributed by atoms with Crippen LogP contribution in [-0.2, 0) is 22.4 Å². The van der Waals surface area contributed by atoms with Crippen LogP contribution in [0.4, 0.5) is 5.69 Å². The summed E-state index contributed by atoms with van der Waals surface area (Å²) in [5.74, 6) is -1.44. The molecule has 0 spiro atoms. The first-order valence-electron chi connectivity index (χ1n) is 7.65. The van der Waals surface area contributed by atoms with Crippen molar-refractivity contribution >= 4 is 29.3 Å². The highest BCUT2D eigenvalue weighted by atomic mass is 32.2. The van der Waals surface area contributed by atoms with Gasteiger partial charge >= 0.3 is 0 Å². The number of aromatic amines is 1. The van der Waals surface area contributed by atoms with E-state index in [1.54, 1.807) is 6.07 Å². The zero-order valence-corrected chi connectivity index (χ0v) is 14.4. The first-order chi connectivity index (χ1) is 12.0. The van der Waals surface area contributed by atoms with Crippen molar-refractivity contribution in [1.82, 2.24) is 15.2 Å². The summed E-state index contributed by atoms with van der Waals surface area (Å²) in [7, 11) is 0. The molecule has 2 N–H and O–H groups in total. The average molecular weight is 361 g/mol. The number of carbonyl (C=O) groups excluding carboxylic acids is 2. The molecule has 0 saturated heterocycles. The standard InChI is InChI=1S/C16H18N4O4S/c1-2-10-4-3-5-11(8-10)17-13(21)9-25-16-18-15(24)12(19-20-16)6-7-14(22)23/h3-5,8H,2,6-7,9H2,1H3,(H,17,21)(H,22,23)(H,18,20,24)/p-1. The Balaban J connectivity index is 1.89. The monoisotopic (exact) mass is 361 g/mol. The van der Waals surface area contributed by atoms with Crippen molar-refractivity contribution in [3.05, 3.63) is 45.9 Å². The molecule has 0 radical (unpaired) electrons. The molecular formula is C16H17N4O4S-. The number of aryl methyl sites for hydroxylation is 2. The van der Waals surface area contributed by atoms with Crippen LogP contribution in [0.15, 0.2) is 34.2 Å². The summed E-state index contributed by atoms with van der Waals surface area (Å²) >= 11 is 1.04. The van der Waals surface area contributed by atoms with Crippen LogP contribution >= 0.6 is 11.8 Å². The molecule has 1 amide bonds. The number of carboxylic acids is 1. The predicted octanol–water partition coefficient (Wildman–Crippen LogP) is 0.141. The predicted molar refractivity (Wildman–Crippen MR) is 91.2 cm³/mol. The zero-order chi connectivity index (χ0) is 18.2. The van der Waals surface area contributed by atoms with Gasteiger partial charge in [0.25, 0.3) is 5.56 Å². The van der Waals surface area contributed by atoms with Crippen molar-refractivity contribution in [2.24, 2.45) is 0 Å². The molecule has 2 rings (SSSR count). The minimum Gasteiger partial charge on any atom is -0.550 e. The van der Waals surface area contributed by atoms with Crippen molar-refractivity contribution in [2.45, 2.75) is 31.3 Å². The van der Waals surface area contributed by atoms with Gasteiger partial charge in [-0.1, -0.05) is 30.8 Å². The lowest BCUT2D eigenvalue weighted by Crippen LogP contribution is -2.25. The van der Waals surface area contributed by atoms with Crippen molar-refractivity contribution in [3.63, 3.8) is 0 Å². The molecule has 0 atom stereocenters. The van der Waals surface area contributed by atoms with Crippen molar-refractivity contribution in [2.75, 3.05) is 11.1 Å². The topological polar surface area (TPSA) is 128 Å². The normalized spacial score (nSPS) is 10.4. The molecule has 0 fully saturated rings. The minimum atomic E-state index is -1.26. The number of aliphatic carboxylic acids is 1. The molecule has 9 heteroatoms. The fourth-order valence-electron chi connectivity index (χ4n) is 1.99. The molecule has 0 aliphatic heterocycles. The van der Waals surface area contributed by atoms with Crippen molar-refractivity contribution < 1.29 is 14.7 Å². The number of amides is 1. The summed E-state index contributed by atoms with van der Waals surface area (Å²) in [6.07, 6.45) is 0.521. The molecule has 2 aromatic rings. The van der Waals surface area contributed by atoms with E-state index in [-0.39, 0.29) is 35.4 Å². The maximum Gasteiger partial charge on any atom is 0.273 e. The van der Waals surface area contributed by atoms with Gasteiger partial charge in [0, 0.05) is 18.1 Å². The van der Waals surface area contributed by atoms with Crippen molar-refractivity contribution in [3.8, 4) is 0 Å². The SMILES string of the molecule is CCc1cccc(NC(=O)CSc2nnc(CCC(=O)[O-])c(=O)[nH]2)c1. The van der Waals surface area contributed by atoms with E-state index in [0.29, 0.717) is 5.69 Å². The number of nitrogens with one attached hydrogen (secondary N) is 2. The summed E-state index contributed by atoms with van der Waals surface area (Å²) in [4.78, 5) is 36.6. The second-order valence-electron chi connectivity index (χ2n) is 5.17. The molecule has 0 saturated carbocycles. The molecule has 0 aliphatic rings. The van der Waals surface area contributed by atoms with Crippen LogP contribution in [0.25, 0.3) is 0 Å². The lowest BCUT2D eigenvalue weighted by Gasteiger charge is -2.06.